The number of aromatic nitrogens is 5. The van der Waals surface area contributed by atoms with Gasteiger partial charge in [-0.15, -0.1) is 10.2 Å². The molecule has 4 aromatic rings. The molecule has 3 heterocycles. The SMILES string of the molecule is Fc1ccc2nc(-c3nnc4cnccn34)ccc2c1. The molecule has 0 saturated heterocycles. The van der Waals surface area contributed by atoms with Gasteiger partial charge in [0.15, 0.2) is 11.5 Å². The first-order chi connectivity index (χ1) is 9.81. The Balaban J connectivity index is 1.96. The summed E-state index contributed by atoms with van der Waals surface area (Å²) in [5.74, 6) is 0.361. The molecule has 6 heteroatoms. The summed E-state index contributed by atoms with van der Waals surface area (Å²) >= 11 is 0. The third kappa shape index (κ3) is 1.62. The maximum atomic E-state index is 13.2. The van der Waals surface area contributed by atoms with E-state index in [0.29, 0.717) is 17.2 Å². The van der Waals surface area contributed by atoms with E-state index in [1.54, 1.807) is 30.7 Å². The van der Waals surface area contributed by atoms with Crippen molar-refractivity contribution in [2.45, 2.75) is 0 Å². The highest BCUT2D eigenvalue weighted by Crippen LogP contribution is 2.20. The van der Waals surface area contributed by atoms with Gasteiger partial charge in [-0.1, -0.05) is 6.07 Å². The van der Waals surface area contributed by atoms with Crippen LogP contribution in [0.15, 0.2) is 48.9 Å². The van der Waals surface area contributed by atoms with Crippen LogP contribution in [0.5, 0.6) is 0 Å². The molecule has 0 fully saturated rings. The Morgan fingerprint density at radius 2 is 2.00 bits per heavy atom. The summed E-state index contributed by atoms with van der Waals surface area (Å²) in [6.45, 7) is 0. The van der Waals surface area contributed by atoms with Crippen LogP contribution in [-0.2, 0) is 0 Å². The normalized spacial score (nSPS) is 11.2. The topological polar surface area (TPSA) is 56.0 Å². The zero-order chi connectivity index (χ0) is 13.5. The maximum Gasteiger partial charge on any atom is 0.187 e. The van der Waals surface area contributed by atoms with E-state index in [4.69, 9.17) is 0 Å². The van der Waals surface area contributed by atoms with Crippen LogP contribution in [0.25, 0.3) is 28.1 Å². The minimum absolute atomic E-state index is 0.272. The number of hydrogen-bond acceptors (Lipinski definition) is 4. The lowest BCUT2D eigenvalue weighted by atomic mass is 10.2. The quantitative estimate of drug-likeness (QED) is 0.530. The fourth-order valence-corrected chi connectivity index (χ4v) is 2.15. The van der Waals surface area contributed by atoms with Gasteiger partial charge in [-0.05, 0) is 24.3 Å². The highest BCUT2D eigenvalue weighted by atomic mass is 19.1. The predicted molar refractivity (Wildman–Crippen MR) is 71.5 cm³/mol. The second-order valence-electron chi connectivity index (χ2n) is 4.36. The van der Waals surface area contributed by atoms with Gasteiger partial charge in [0.2, 0.25) is 0 Å². The summed E-state index contributed by atoms with van der Waals surface area (Å²) in [6, 6.07) is 8.13. The monoisotopic (exact) mass is 265 g/mol. The van der Waals surface area contributed by atoms with E-state index < -0.39 is 0 Å². The largest absolute Gasteiger partial charge is 0.278 e. The van der Waals surface area contributed by atoms with Gasteiger partial charge in [-0.3, -0.25) is 9.38 Å². The molecule has 1 aromatic carbocycles. The average molecular weight is 265 g/mol. The number of hydrogen-bond donors (Lipinski definition) is 0. The first-order valence-electron chi connectivity index (χ1n) is 6.03. The molecular formula is C14H8FN5. The molecule has 4 rings (SSSR count). The van der Waals surface area contributed by atoms with E-state index >= 15 is 0 Å². The van der Waals surface area contributed by atoms with E-state index in [0.717, 1.165) is 10.9 Å². The lowest BCUT2D eigenvalue weighted by Gasteiger charge is -2.02. The molecule has 0 atom stereocenters. The van der Waals surface area contributed by atoms with Crippen LogP contribution in [0.3, 0.4) is 0 Å². The van der Waals surface area contributed by atoms with Crippen molar-refractivity contribution in [3.05, 3.63) is 54.7 Å². The molecule has 0 spiro atoms. The highest BCUT2D eigenvalue weighted by molar-refractivity contribution is 5.80. The molecule has 0 aliphatic carbocycles. The predicted octanol–water partition coefficient (Wildman–Crippen LogP) is 2.48. The second-order valence-corrected chi connectivity index (χ2v) is 4.36. The molecule has 96 valence electrons. The van der Waals surface area contributed by atoms with Crippen molar-refractivity contribution in [2.24, 2.45) is 0 Å². The van der Waals surface area contributed by atoms with Gasteiger partial charge < -0.3 is 0 Å². The lowest BCUT2D eigenvalue weighted by Crippen LogP contribution is -1.92. The first kappa shape index (κ1) is 11.0. The highest BCUT2D eigenvalue weighted by Gasteiger charge is 2.09. The van der Waals surface area contributed by atoms with Crippen molar-refractivity contribution in [3.63, 3.8) is 0 Å². The molecule has 5 nitrogen and oxygen atoms in total. The van der Waals surface area contributed by atoms with E-state index in [1.807, 2.05) is 10.5 Å². The number of nitrogens with zero attached hydrogens (tertiary/aromatic N) is 5. The smallest absolute Gasteiger partial charge is 0.187 e. The van der Waals surface area contributed by atoms with Crippen LogP contribution in [0, 0.1) is 5.82 Å². The second kappa shape index (κ2) is 4.06. The molecule has 0 unspecified atom stereocenters. The molecule has 3 aromatic heterocycles. The van der Waals surface area contributed by atoms with Gasteiger partial charge in [0.25, 0.3) is 0 Å². The first-order valence-corrected chi connectivity index (χ1v) is 6.03. The number of rotatable bonds is 1. The molecule has 0 saturated carbocycles. The number of pyridine rings is 1. The van der Waals surface area contributed by atoms with Crippen molar-refractivity contribution in [3.8, 4) is 11.5 Å². The maximum absolute atomic E-state index is 13.2. The fourth-order valence-electron chi connectivity index (χ4n) is 2.15. The standard InChI is InChI=1S/C14H8FN5/c15-10-2-4-11-9(7-10)1-3-12(17-11)14-19-18-13-8-16-5-6-20(13)14/h1-8H. The third-order valence-corrected chi connectivity index (χ3v) is 3.09. The minimum atomic E-state index is -0.272. The summed E-state index contributed by atoms with van der Waals surface area (Å²) in [7, 11) is 0. The van der Waals surface area contributed by atoms with Gasteiger partial charge in [0.1, 0.15) is 11.5 Å². The summed E-state index contributed by atoms with van der Waals surface area (Å²) in [6.07, 6.45) is 5.07. The van der Waals surface area contributed by atoms with Gasteiger partial charge in [-0.25, -0.2) is 9.37 Å². The molecule has 0 N–H and O–H groups in total. The van der Waals surface area contributed by atoms with Gasteiger partial charge in [0.05, 0.1) is 11.7 Å². The Bertz CT molecular complexity index is 931. The Hall–Kier alpha value is -2.89. The summed E-state index contributed by atoms with van der Waals surface area (Å²) in [4.78, 5) is 8.49. The number of benzene rings is 1. The van der Waals surface area contributed by atoms with Crippen molar-refractivity contribution < 1.29 is 4.39 Å². The fraction of sp³-hybridized carbons (Fsp3) is 0. The zero-order valence-corrected chi connectivity index (χ0v) is 10.2. The van der Waals surface area contributed by atoms with Crippen LogP contribution in [0.4, 0.5) is 4.39 Å². The molecule has 0 amide bonds. The van der Waals surface area contributed by atoms with E-state index in [2.05, 4.69) is 20.2 Å². The Morgan fingerprint density at radius 3 is 2.95 bits per heavy atom. The minimum Gasteiger partial charge on any atom is -0.278 e. The molecule has 0 radical (unpaired) electrons. The lowest BCUT2D eigenvalue weighted by molar-refractivity contribution is 0.629. The average Bonchev–Trinajstić information content (AvgIpc) is 2.91. The number of fused-ring (bicyclic) bond motifs is 2. The third-order valence-electron chi connectivity index (χ3n) is 3.09. The van der Waals surface area contributed by atoms with Crippen LogP contribution in [0.2, 0.25) is 0 Å². The molecule has 0 bridgehead atoms. The van der Waals surface area contributed by atoms with Gasteiger partial charge >= 0.3 is 0 Å². The summed E-state index contributed by atoms with van der Waals surface area (Å²) in [5, 5.41) is 8.92. The van der Waals surface area contributed by atoms with Crippen molar-refractivity contribution in [1.29, 1.82) is 0 Å². The van der Waals surface area contributed by atoms with Gasteiger partial charge in [0, 0.05) is 17.8 Å². The molecule has 0 aliphatic rings. The Kier molecular flexibility index (Phi) is 2.23. The van der Waals surface area contributed by atoms with E-state index in [9.17, 15) is 4.39 Å². The van der Waals surface area contributed by atoms with E-state index in [1.165, 1.54) is 12.1 Å². The zero-order valence-electron chi connectivity index (χ0n) is 10.2. The summed E-state index contributed by atoms with van der Waals surface area (Å²) < 4.78 is 15.0. The van der Waals surface area contributed by atoms with Crippen molar-refractivity contribution in [2.75, 3.05) is 0 Å². The van der Waals surface area contributed by atoms with Crippen LogP contribution < -0.4 is 0 Å². The van der Waals surface area contributed by atoms with Crippen molar-refractivity contribution in [1.82, 2.24) is 24.6 Å². The van der Waals surface area contributed by atoms with E-state index in [-0.39, 0.29) is 5.82 Å². The van der Waals surface area contributed by atoms with Crippen LogP contribution in [-0.4, -0.2) is 24.6 Å². The Labute approximate surface area is 112 Å². The molecule has 0 aliphatic heterocycles. The number of halogens is 1. The Morgan fingerprint density at radius 1 is 1.05 bits per heavy atom. The molecular weight excluding hydrogens is 257 g/mol. The van der Waals surface area contributed by atoms with Crippen LogP contribution >= 0.6 is 0 Å². The van der Waals surface area contributed by atoms with Gasteiger partial charge in [-0.2, -0.15) is 0 Å². The summed E-state index contributed by atoms with van der Waals surface area (Å²) in [5.41, 5.74) is 2.06. The van der Waals surface area contributed by atoms with Crippen molar-refractivity contribution >= 4 is 16.6 Å². The molecule has 20 heavy (non-hydrogen) atoms. The van der Waals surface area contributed by atoms with Crippen LogP contribution in [0.1, 0.15) is 0 Å².